The molecule has 0 unspecified atom stereocenters. The summed E-state index contributed by atoms with van der Waals surface area (Å²) in [7, 11) is 1.32. The standard InChI is InChI=1S/C15H20N4O4/c1-9(16)7-19-13-10(5-18-19)3-4-12-14(13)23-11(8-22-12)6-17-15(20)21-2/h3-5,9,11H,6-8,16H2,1-2H3,(H,17,20)/t9-,11-/m0/s1. The van der Waals surface area contributed by atoms with Crippen molar-refractivity contribution in [3.8, 4) is 11.5 Å². The lowest BCUT2D eigenvalue weighted by Gasteiger charge is -2.27. The average molecular weight is 320 g/mol. The topological polar surface area (TPSA) is 101 Å². The fourth-order valence-electron chi connectivity index (χ4n) is 2.52. The number of ether oxygens (including phenoxy) is 3. The monoisotopic (exact) mass is 320 g/mol. The molecule has 1 aliphatic heterocycles. The molecule has 1 aromatic carbocycles. The summed E-state index contributed by atoms with van der Waals surface area (Å²) in [5.74, 6) is 1.29. The zero-order chi connectivity index (χ0) is 16.4. The summed E-state index contributed by atoms with van der Waals surface area (Å²) in [5, 5.41) is 7.93. The lowest BCUT2D eigenvalue weighted by Crippen LogP contribution is -2.40. The van der Waals surface area contributed by atoms with Gasteiger partial charge in [-0.25, -0.2) is 4.79 Å². The number of nitrogens with zero attached hydrogens (tertiary/aromatic N) is 2. The third-order valence-electron chi connectivity index (χ3n) is 3.55. The van der Waals surface area contributed by atoms with Crippen molar-refractivity contribution < 1.29 is 19.0 Å². The van der Waals surface area contributed by atoms with Gasteiger partial charge in [0.2, 0.25) is 0 Å². The van der Waals surface area contributed by atoms with E-state index in [1.807, 2.05) is 23.7 Å². The van der Waals surface area contributed by atoms with Gasteiger partial charge in [0.05, 0.1) is 26.4 Å². The molecule has 1 aliphatic rings. The smallest absolute Gasteiger partial charge is 0.406 e. The number of fused-ring (bicyclic) bond motifs is 3. The normalized spacial score (nSPS) is 17.8. The first-order valence-corrected chi connectivity index (χ1v) is 7.44. The lowest BCUT2D eigenvalue weighted by atomic mass is 10.2. The number of rotatable bonds is 4. The van der Waals surface area contributed by atoms with Crippen molar-refractivity contribution in [2.75, 3.05) is 20.3 Å². The molecule has 0 radical (unpaired) electrons. The van der Waals surface area contributed by atoms with Crippen LogP contribution >= 0.6 is 0 Å². The molecule has 0 saturated heterocycles. The highest BCUT2D eigenvalue weighted by Gasteiger charge is 2.25. The van der Waals surface area contributed by atoms with Crippen LogP contribution in [0.1, 0.15) is 6.92 Å². The Bertz CT molecular complexity index is 713. The van der Waals surface area contributed by atoms with E-state index in [9.17, 15) is 4.79 Å². The van der Waals surface area contributed by atoms with E-state index in [0.717, 1.165) is 10.9 Å². The third-order valence-corrected chi connectivity index (χ3v) is 3.55. The van der Waals surface area contributed by atoms with E-state index >= 15 is 0 Å². The molecule has 8 nitrogen and oxygen atoms in total. The van der Waals surface area contributed by atoms with E-state index in [1.54, 1.807) is 6.20 Å². The van der Waals surface area contributed by atoms with Crippen LogP contribution in [-0.2, 0) is 11.3 Å². The van der Waals surface area contributed by atoms with Crippen molar-refractivity contribution in [1.29, 1.82) is 0 Å². The van der Waals surface area contributed by atoms with Crippen LogP contribution in [0.5, 0.6) is 11.5 Å². The number of methoxy groups -OCH3 is 1. The number of carbonyl (C=O) groups is 1. The molecule has 0 aliphatic carbocycles. The van der Waals surface area contributed by atoms with Gasteiger partial charge in [0.15, 0.2) is 17.6 Å². The van der Waals surface area contributed by atoms with Crippen LogP contribution in [0, 0.1) is 0 Å². The second-order valence-electron chi connectivity index (χ2n) is 5.56. The Balaban J connectivity index is 1.87. The summed E-state index contributed by atoms with van der Waals surface area (Å²) < 4.78 is 18.1. The Morgan fingerprint density at radius 1 is 1.61 bits per heavy atom. The van der Waals surface area contributed by atoms with Gasteiger partial charge in [0, 0.05) is 11.4 Å². The summed E-state index contributed by atoms with van der Waals surface area (Å²) in [6.45, 7) is 3.14. The Hall–Kier alpha value is -2.48. The van der Waals surface area contributed by atoms with Crippen LogP contribution in [0.2, 0.25) is 0 Å². The van der Waals surface area contributed by atoms with E-state index in [1.165, 1.54) is 7.11 Å². The quantitative estimate of drug-likeness (QED) is 0.867. The Kier molecular flexibility index (Phi) is 4.24. The van der Waals surface area contributed by atoms with Crippen molar-refractivity contribution in [3.05, 3.63) is 18.3 Å². The lowest BCUT2D eigenvalue weighted by molar-refractivity contribution is 0.0893. The highest BCUT2D eigenvalue weighted by atomic mass is 16.6. The highest BCUT2D eigenvalue weighted by molar-refractivity contribution is 5.87. The SMILES string of the molecule is COC(=O)NC[C@H]1COc2ccc3cnn(C[C@H](C)N)c3c2O1. The minimum Gasteiger partial charge on any atom is -0.486 e. The first-order chi connectivity index (χ1) is 11.1. The number of amides is 1. The molecule has 124 valence electrons. The van der Waals surface area contributed by atoms with Crippen molar-refractivity contribution in [1.82, 2.24) is 15.1 Å². The molecule has 3 rings (SSSR count). The fraction of sp³-hybridized carbons (Fsp3) is 0.467. The summed E-state index contributed by atoms with van der Waals surface area (Å²) in [4.78, 5) is 11.2. The van der Waals surface area contributed by atoms with Gasteiger partial charge in [-0.05, 0) is 19.1 Å². The first kappa shape index (κ1) is 15.4. The van der Waals surface area contributed by atoms with E-state index in [2.05, 4.69) is 15.2 Å². The second-order valence-corrected chi connectivity index (χ2v) is 5.56. The number of hydrogen-bond acceptors (Lipinski definition) is 6. The van der Waals surface area contributed by atoms with Crippen LogP contribution < -0.4 is 20.5 Å². The summed E-state index contributed by atoms with van der Waals surface area (Å²) in [6.07, 6.45) is 0.975. The number of nitrogens with one attached hydrogen (secondary N) is 1. The molecule has 0 fully saturated rings. The molecule has 0 spiro atoms. The number of carbonyl (C=O) groups excluding carboxylic acids is 1. The van der Waals surface area contributed by atoms with Gasteiger partial charge in [-0.3, -0.25) is 4.68 Å². The maximum absolute atomic E-state index is 11.2. The van der Waals surface area contributed by atoms with Gasteiger partial charge in [-0.15, -0.1) is 0 Å². The molecule has 0 saturated carbocycles. The minimum atomic E-state index is -0.500. The van der Waals surface area contributed by atoms with Crippen molar-refractivity contribution in [3.63, 3.8) is 0 Å². The van der Waals surface area contributed by atoms with Gasteiger partial charge < -0.3 is 25.3 Å². The van der Waals surface area contributed by atoms with Gasteiger partial charge in [-0.2, -0.15) is 5.10 Å². The summed E-state index contributed by atoms with van der Waals surface area (Å²) >= 11 is 0. The van der Waals surface area contributed by atoms with E-state index < -0.39 is 6.09 Å². The van der Waals surface area contributed by atoms with Crippen molar-refractivity contribution >= 4 is 17.0 Å². The molecule has 1 aromatic heterocycles. The van der Waals surface area contributed by atoms with Gasteiger partial charge >= 0.3 is 6.09 Å². The molecule has 2 heterocycles. The second kappa shape index (κ2) is 6.33. The third kappa shape index (κ3) is 3.16. The molecule has 2 aromatic rings. The van der Waals surface area contributed by atoms with Crippen molar-refractivity contribution in [2.24, 2.45) is 5.73 Å². The zero-order valence-corrected chi connectivity index (χ0v) is 13.1. The van der Waals surface area contributed by atoms with Crippen LogP contribution in [-0.4, -0.2) is 48.3 Å². The van der Waals surface area contributed by atoms with E-state index in [4.69, 9.17) is 15.2 Å². The van der Waals surface area contributed by atoms with Gasteiger partial charge in [0.1, 0.15) is 12.1 Å². The molecular weight excluding hydrogens is 300 g/mol. The number of nitrogens with two attached hydrogens (primary N) is 1. The Morgan fingerprint density at radius 2 is 2.43 bits per heavy atom. The maximum atomic E-state index is 11.2. The number of benzene rings is 1. The van der Waals surface area contributed by atoms with Crippen LogP contribution in [0.4, 0.5) is 4.79 Å². The van der Waals surface area contributed by atoms with Crippen molar-refractivity contribution in [2.45, 2.75) is 25.6 Å². The highest BCUT2D eigenvalue weighted by Crippen LogP contribution is 2.38. The minimum absolute atomic E-state index is 0.0322. The number of aromatic nitrogens is 2. The van der Waals surface area contributed by atoms with Crippen LogP contribution in [0.15, 0.2) is 18.3 Å². The predicted octanol–water partition coefficient (Wildman–Crippen LogP) is 0.879. The van der Waals surface area contributed by atoms with Crippen LogP contribution in [0.3, 0.4) is 0 Å². The molecule has 1 amide bonds. The van der Waals surface area contributed by atoms with Crippen LogP contribution in [0.25, 0.3) is 10.9 Å². The number of alkyl carbamates (subject to hydrolysis) is 1. The predicted molar refractivity (Wildman–Crippen MR) is 83.7 cm³/mol. The van der Waals surface area contributed by atoms with Gasteiger partial charge in [-0.1, -0.05) is 0 Å². The maximum Gasteiger partial charge on any atom is 0.406 e. The molecule has 2 atom stereocenters. The molecule has 8 heteroatoms. The average Bonchev–Trinajstić information content (AvgIpc) is 2.95. The first-order valence-electron chi connectivity index (χ1n) is 7.44. The molecular formula is C15H20N4O4. The fourth-order valence-corrected chi connectivity index (χ4v) is 2.52. The summed E-state index contributed by atoms with van der Waals surface area (Å²) in [6, 6.07) is 3.77. The summed E-state index contributed by atoms with van der Waals surface area (Å²) in [5.41, 5.74) is 6.73. The van der Waals surface area contributed by atoms with E-state index in [-0.39, 0.29) is 12.1 Å². The number of hydrogen-bond donors (Lipinski definition) is 2. The Morgan fingerprint density at radius 3 is 3.17 bits per heavy atom. The molecule has 0 bridgehead atoms. The zero-order valence-electron chi connectivity index (χ0n) is 13.1. The van der Waals surface area contributed by atoms with Gasteiger partial charge in [0.25, 0.3) is 0 Å². The van der Waals surface area contributed by atoms with E-state index in [0.29, 0.717) is 31.2 Å². The Labute approximate surface area is 133 Å². The molecule has 3 N–H and O–H groups in total. The molecule has 23 heavy (non-hydrogen) atoms. The largest absolute Gasteiger partial charge is 0.486 e.